The van der Waals surface area contributed by atoms with Crippen molar-refractivity contribution in [1.29, 1.82) is 0 Å². The maximum Gasteiger partial charge on any atom is 0.218 e. The fourth-order valence-electron chi connectivity index (χ4n) is 1.72. The van der Waals surface area contributed by atoms with Gasteiger partial charge in [0, 0.05) is 5.75 Å². The second kappa shape index (κ2) is 5.38. The first kappa shape index (κ1) is 12.7. The van der Waals surface area contributed by atoms with E-state index in [2.05, 4.69) is 10.2 Å². The van der Waals surface area contributed by atoms with E-state index in [0.717, 1.165) is 5.56 Å². The van der Waals surface area contributed by atoms with Gasteiger partial charge in [-0.3, -0.25) is 0 Å². The largest absolute Gasteiger partial charge is 0.461 e. The minimum atomic E-state index is -0.256. The molecule has 0 saturated carbocycles. The highest BCUT2D eigenvalue weighted by atomic mass is 32.2. The summed E-state index contributed by atoms with van der Waals surface area (Å²) in [7, 11) is 0. The number of aromatic nitrogens is 3. The monoisotopic (exact) mass is 290 g/mol. The smallest absolute Gasteiger partial charge is 0.218 e. The molecule has 3 rings (SSSR count). The number of hydrogen-bond donors (Lipinski definition) is 1. The Balaban J connectivity index is 1.76. The molecule has 7 heteroatoms. The average molecular weight is 290 g/mol. The molecule has 102 valence electrons. The first-order valence-corrected chi connectivity index (χ1v) is 6.84. The van der Waals surface area contributed by atoms with E-state index >= 15 is 0 Å². The zero-order valence-corrected chi connectivity index (χ0v) is 11.2. The molecule has 0 bridgehead atoms. The number of nitrogens with two attached hydrogens (primary N) is 1. The molecule has 1 aromatic carbocycles. The van der Waals surface area contributed by atoms with Crippen LogP contribution in [-0.2, 0) is 5.75 Å². The Morgan fingerprint density at radius 3 is 2.90 bits per heavy atom. The summed E-state index contributed by atoms with van der Waals surface area (Å²) in [6, 6.07) is 9.93. The predicted octanol–water partition coefficient (Wildman–Crippen LogP) is 2.68. The van der Waals surface area contributed by atoms with Gasteiger partial charge in [-0.25, -0.2) is 9.07 Å². The molecule has 0 saturated heterocycles. The quantitative estimate of drug-likeness (QED) is 0.591. The molecule has 0 aliphatic rings. The van der Waals surface area contributed by atoms with Gasteiger partial charge in [0.25, 0.3) is 0 Å². The van der Waals surface area contributed by atoms with Crippen molar-refractivity contribution in [3.63, 3.8) is 0 Å². The summed E-state index contributed by atoms with van der Waals surface area (Å²) < 4.78 is 19.7. The third-order valence-corrected chi connectivity index (χ3v) is 3.68. The summed E-state index contributed by atoms with van der Waals surface area (Å²) in [5, 5.41) is 8.54. The Morgan fingerprint density at radius 1 is 1.25 bits per heavy atom. The highest BCUT2D eigenvalue weighted by Gasteiger charge is 2.14. The zero-order chi connectivity index (χ0) is 13.9. The van der Waals surface area contributed by atoms with E-state index in [0.29, 0.717) is 22.5 Å². The predicted molar refractivity (Wildman–Crippen MR) is 73.8 cm³/mol. The van der Waals surface area contributed by atoms with E-state index in [1.165, 1.54) is 28.6 Å². The van der Waals surface area contributed by atoms with Gasteiger partial charge in [0.15, 0.2) is 5.76 Å². The molecular formula is C13H11FN4OS. The molecule has 0 radical (unpaired) electrons. The molecule has 0 aliphatic heterocycles. The Labute approximate surface area is 118 Å². The number of hydrogen-bond acceptors (Lipinski definition) is 5. The fourth-order valence-corrected chi connectivity index (χ4v) is 2.52. The fraction of sp³-hybridized carbons (Fsp3) is 0.0769. The van der Waals surface area contributed by atoms with Crippen molar-refractivity contribution >= 4 is 11.8 Å². The minimum Gasteiger partial charge on any atom is -0.461 e. The number of nitrogens with zero attached hydrogens (tertiary/aromatic N) is 3. The Hall–Kier alpha value is -2.28. The summed E-state index contributed by atoms with van der Waals surface area (Å²) in [6.45, 7) is 0. The van der Waals surface area contributed by atoms with E-state index in [1.54, 1.807) is 24.5 Å². The van der Waals surface area contributed by atoms with Crippen molar-refractivity contribution in [2.45, 2.75) is 10.9 Å². The third-order valence-electron chi connectivity index (χ3n) is 2.66. The highest BCUT2D eigenvalue weighted by Crippen LogP contribution is 2.24. The second-order valence-electron chi connectivity index (χ2n) is 4.07. The van der Waals surface area contributed by atoms with Crippen LogP contribution < -0.4 is 5.84 Å². The lowest BCUT2D eigenvalue weighted by molar-refractivity contribution is 0.574. The van der Waals surface area contributed by atoms with Crippen LogP contribution in [0.2, 0.25) is 0 Å². The molecule has 0 spiro atoms. The van der Waals surface area contributed by atoms with Crippen LogP contribution >= 0.6 is 11.8 Å². The standard InChI is InChI=1S/C13H11FN4OS/c14-10-4-1-3-9(7-10)8-20-13-17-16-12(18(13)15)11-5-2-6-19-11/h1-7H,8,15H2. The molecule has 0 amide bonds. The van der Waals surface area contributed by atoms with Gasteiger partial charge in [-0.2, -0.15) is 0 Å². The molecule has 5 nitrogen and oxygen atoms in total. The molecule has 2 N–H and O–H groups in total. The SMILES string of the molecule is Nn1c(SCc2cccc(F)c2)nnc1-c1ccco1. The van der Waals surface area contributed by atoms with E-state index in [4.69, 9.17) is 10.3 Å². The highest BCUT2D eigenvalue weighted by molar-refractivity contribution is 7.98. The number of halogens is 1. The lowest BCUT2D eigenvalue weighted by atomic mass is 10.2. The van der Waals surface area contributed by atoms with Gasteiger partial charge < -0.3 is 10.3 Å². The lowest BCUT2D eigenvalue weighted by Gasteiger charge is -2.02. The van der Waals surface area contributed by atoms with Crippen molar-refractivity contribution in [1.82, 2.24) is 14.9 Å². The molecule has 0 fully saturated rings. The van der Waals surface area contributed by atoms with E-state index in [1.807, 2.05) is 6.07 Å². The van der Waals surface area contributed by atoms with Crippen LogP contribution in [0.25, 0.3) is 11.6 Å². The zero-order valence-electron chi connectivity index (χ0n) is 10.4. The normalized spacial score (nSPS) is 10.8. The van der Waals surface area contributed by atoms with Gasteiger partial charge in [0.1, 0.15) is 5.82 Å². The Kier molecular flexibility index (Phi) is 3.42. The number of thioether (sulfide) groups is 1. The summed E-state index contributed by atoms with van der Waals surface area (Å²) in [6.07, 6.45) is 1.55. The van der Waals surface area contributed by atoms with Gasteiger partial charge in [-0.05, 0) is 29.8 Å². The van der Waals surface area contributed by atoms with Crippen LogP contribution in [0.3, 0.4) is 0 Å². The molecular weight excluding hydrogens is 279 g/mol. The number of nitrogen functional groups attached to an aromatic ring is 1. The third kappa shape index (κ3) is 2.53. The maximum absolute atomic E-state index is 13.1. The van der Waals surface area contributed by atoms with Crippen LogP contribution in [0.1, 0.15) is 5.56 Å². The molecule has 0 unspecified atom stereocenters. The summed E-state index contributed by atoms with van der Waals surface area (Å²) >= 11 is 1.38. The molecule has 20 heavy (non-hydrogen) atoms. The topological polar surface area (TPSA) is 69.9 Å². The van der Waals surface area contributed by atoms with E-state index < -0.39 is 0 Å². The first-order chi connectivity index (χ1) is 9.74. The summed E-state index contributed by atoms with van der Waals surface area (Å²) in [5.41, 5.74) is 0.859. The Morgan fingerprint density at radius 2 is 2.15 bits per heavy atom. The minimum absolute atomic E-state index is 0.256. The average Bonchev–Trinajstić information content (AvgIpc) is 3.06. The first-order valence-electron chi connectivity index (χ1n) is 5.85. The molecule has 2 heterocycles. The van der Waals surface area contributed by atoms with Crippen LogP contribution in [0.5, 0.6) is 0 Å². The number of benzene rings is 1. The van der Waals surface area contributed by atoms with Crippen molar-refractivity contribution in [2.24, 2.45) is 0 Å². The molecule has 0 atom stereocenters. The molecule has 3 aromatic rings. The van der Waals surface area contributed by atoms with Crippen molar-refractivity contribution in [3.8, 4) is 11.6 Å². The van der Waals surface area contributed by atoms with Gasteiger partial charge in [-0.1, -0.05) is 23.9 Å². The summed E-state index contributed by atoms with van der Waals surface area (Å²) in [4.78, 5) is 0. The van der Waals surface area contributed by atoms with E-state index in [-0.39, 0.29) is 5.82 Å². The van der Waals surface area contributed by atoms with Gasteiger partial charge in [-0.15, -0.1) is 10.2 Å². The van der Waals surface area contributed by atoms with Crippen molar-refractivity contribution in [3.05, 3.63) is 54.0 Å². The number of furan rings is 1. The van der Waals surface area contributed by atoms with Crippen LogP contribution in [-0.4, -0.2) is 14.9 Å². The van der Waals surface area contributed by atoms with Gasteiger partial charge in [0.2, 0.25) is 11.0 Å². The van der Waals surface area contributed by atoms with Crippen LogP contribution in [0, 0.1) is 5.82 Å². The lowest BCUT2D eigenvalue weighted by Crippen LogP contribution is -2.11. The van der Waals surface area contributed by atoms with Crippen LogP contribution in [0.15, 0.2) is 52.2 Å². The Bertz CT molecular complexity index is 711. The molecule has 2 aromatic heterocycles. The van der Waals surface area contributed by atoms with Gasteiger partial charge in [0.05, 0.1) is 6.26 Å². The molecule has 0 aliphatic carbocycles. The summed E-state index contributed by atoms with van der Waals surface area (Å²) in [5.74, 6) is 7.24. The van der Waals surface area contributed by atoms with Gasteiger partial charge >= 0.3 is 0 Å². The van der Waals surface area contributed by atoms with Crippen molar-refractivity contribution in [2.75, 3.05) is 5.84 Å². The van der Waals surface area contributed by atoms with Crippen molar-refractivity contribution < 1.29 is 8.81 Å². The van der Waals surface area contributed by atoms with Crippen LogP contribution in [0.4, 0.5) is 4.39 Å². The number of rotatable bonds is 4. The van der Waals surface area contributed by atoms with E-state index in [9.17, 15) is 4.39 Å². The maximum atomic E-state index is 13.1. The second-order valence-corrected chi connectivity index (χ2v) is 5.01.